The summed E-state index contributed by atoms with van der Waals surface area (Å²) >= 11 is 0. The number of hydrogen-bond acceptors (Lipinski definition) is 4. The molecule has 76 valence electrons. The minimum atomic E-state index is -1.14. The number of β-lactam (4-membered cyclic amide) rings is 1. The fraction of sp³-hybridized carbons (Fsp3) is 0.556. The van der Waals surface area contributed by atoms with Crippen LogP contribution in [0.3, 0.4) is 0 Å². The topological polar surface area (TPSA) is 66.8 Å². The molecule has 1 N–H and O–H groups in total. The van der Waals surface area contributed by atoms with Crippen molar-refractivity contribution in [3.63, 3.8) is 0 Å². The van der Waals surface area contributed by atoms with Crippen molar-refractivity contribution in [3.05, 3.63) is 11.8 Å². The molecule has 14 heavy (non-hydrogen) atoms. The average molecular weight is 197 g/mol. The van der Waals surface area contributed by atoms with E-state index >= 15 is 0 Å². The second-order valence-corrected chi connectivity index (χ2v) is 3.45. The van der Waals surface area contributed by atoms with Crippen molar-refractivity contribution < 1.29 is 19.4 Å². The third-order valence-electron chi connectivity index (χ3n) is 2.37. The van der Waals surface area contributed by atoms with E-state index in [1.807, 2.05) is 0 Å². The third-order valence-corrected chi connectivity index (χ3v) is 2.37. The Labute approximate surface area is 80.9 Å². The van der Waals surface area contributed by atoms with Crippen LogP contribution < -0.4 is 0 Å². The van der Waals surface area contributed by atoms with Crippen molar-refractivity contribution in [2.45, 2.75) is 32.1 Å². The molecule has 0 spiro atoms. The van der Waals surface area contributed by atoms with E-state index in [4.69, 9.17) is 5.11 Å². The van der Waals surface area contributed by atoms with Crippen LogP contribution in [0.1, 0.15) is 19.8 Å². The first-order chi connectivity index (χ1) is 6.59. The number of aliphatic hydroxyl groups is 1. The second kappa shape index (κ2) is 3.09. The molecule has 0 aliphatic carbocycles. The van der Waals surface area contributed by atoms with E-state index in [1.54, 1.807) is 6.08 Å². The molecule has 2 heterocycles. The number of rotatable bonds is 2. The molecular weight excluding hydrogens is 186 g/mol. The van der Waals surface area contributed by atoms with E-state index < -0.39 is 12.3 Å². The Kier molecular flexibility index (Phi) is 2.03. The molecule has 5 nitrogen and oxygen atoms in total. The van der Waals surface area contributed by atoms with Crippen molar-refractivity contribution in [1.82, 2.24) is 4.90 Å². The van der Waals surface area contributed by atoms with Gasteiger partial charge in [-0.15, -0.1) is 0 Å². The molecule has 2 atom stereocenters. The van der Waals surface area contributed by atoms with E-state index in [9.17, 15) is 9.59 Å². The Bertz CT molecular complexity index is 321. The lowest BCUT2D eigenvalue weighted by molar-refractivity contribution is -0.165. The van der Waals surface area contributed by atoms with Crippen molar-refractivity contribution in [2.24, 2.45) is 0 Å². The number of hydrogen-bond donors (Lipinski definition) is 1. The van der Waals surface area contributed by atoms with Gasteiger partial charge >= 0.3 is 5.97 Å². The van der Waals surface area contributed by atoms with Crippen LogP contribution in [-0.4, -0.2) is 34.2 Å². The summed E-state index contributed by atoms with van der Waals surface area (Å²) in [7, 11) is 0. The molecular formula is C9H11NO4. The molecule has 1 saturated heterocycles. The molecule has 0 aromatic heterocycles. The van der Waals surface area contributed by atoms with Gasteiger partial charge in [0.1, 0.15) is 5.70 Å². The lowest BCUT2D eigenvalue weighted by atomic mass is 10.0. The summed E-state index contributed by atoms with van der Waals surface area (Å²) in [4.78, 5) is 23.9. The highest BCUT2D eigenvalue weighted by Gasteiger charge is 2.44. The van der Waals surface area contributed by atoms with Crippen molar-refractivity contribution in [2.75, 3.05) is 0 Å². The lowest BCUT2D eigenvalue weighted by Gasteiger charge is -2.35. The Morgan fingerprint density at radius 3 is 3.07 bits per heavy atom. The average Bonchev–Trinajstić information content (AvgIpc) is 2.40. The van der Waals surface area contributed by atoms with Gasteiger partial charge < -0.3 is 14.7 Å². The number of ether oxygens (including phenoxy) is 1. The monoisotopic (exact) mass is 197 g/mol. The van der Waals surface area contributed by atoms with E-state index in [1.165, 1.54) is 11.8 Å². The smallest absolute Gasteiger partial charge is 0.357 e. The Hall–Kier alpha value is -1.36. The van der Waals surface area contributed by atoms with E-state index in [-0.39, 0.29) is 17.6 Å². The summed E-state index contributed by atoms with van der Waals surface area (Å²) in [6, 6.07) is 0.138. The van der Waals surface area contributed by atoms with Gasteiger partial charge in [0.15, 0.2) is 6.29 Å². The zero-order chi connectivity index (χ0) is 10.3. The number of nitrogens with zero attached hydrogens (tertiary/aromatic N) is 1. The molecule has 0 aromatic rings. The quantitative estimate of drug-likeness (QED) is 0.377. The highest BCUT2D eigenvalue weighted by Crippen LogP contribution is 2.33. The van der Waals surface area contributed by atoms with Crippen LogP contribution in [0.2, 0.25) is 0 Å². The van der Waals surface area contributed by atoms with Crippen molar-refractivity contribution in [1.29, 1.82) is 0 Å². The van der Waals surface area contributed by atoms with Gasteiger partial charge in [0, 0.05) is 12.5 Å². The van der Waals surface area contributed by atoms with Crippen LogP contribution in [0, 0.1) is 0 Å². The number of aliphatic hydroxyl groups excluding tert-OH is 1. The minimum Gasteiger partial charge on any atom is -0.432 e. The predicted molar refractivity (Wildman–Crippen MR) is 45.7 cm³/mol. The fourth-order valence-corrected chi connectivity index (χ4v) is 1.75. The first-order valence-corrected chi connectivity index (χ1v) is 4.51. The van der Waals surface area contributed by atoms with E-state index in [2.05, 4.69) is 4.74 Å². The Balaban J connectivity index is 2.05. The number of fused-ring (bicyclic) bond motifs is 1. The SMILES string of the molecule is CC(O)OC(=O)C1=CCC2CC(=O)N12. The molecule has 0 saturated carbocycles. The largest absolute Gasteiger partial charge is 0.432 e. The molecule has 0 aromatic carbocycles. The van der Waals surface area contributed by atoms with Gasteiger partial charge in [0.25, 0.3) is 0 Å². The lowest BCUT2D eigenvalue weighted by Crippen LogP contribution is -2.50. The van der Waals surface area contributed by atoms with Gasteiger partial charge in [0.05, 0.1) is 0 Å². The van der Waals surface area contributed by atoms with Crippen molar-refractivity contribution in [3.8, 4) is 0 Å². The Morgan fingerprint density at radius 2 is 2.50 bits per heavy atom. The highest BCUT2D eigenvalue weighted by atomic mass is 16.6. The maximum Gasteiger partial charge on any atom is 0.357 e. The molecule has 5 heteroatoms. The summed E-state index contributed by atoms with van der Waals surface area (Å²) in [6.45, 7) is 1.35. The third kappa shape index (κ3) is 1.29. The highest BCUT2D eigenvalue weighted by molar-refractivity contribution is 5.98. The van der Waals surface area contributed by atoms with Crippen LogP contribution in [0.15, 0.2) is 11.8 Å². The minimum absolute atomic E-state index is 0.0544. The van der Waals surface area contributed by atoms with Gasteiger partial charge in [-0.2, -0.15) is 0 Å². The molecule has 2 aliphatic heterocycles. The Morgan fingerprint density at radius 1 is 1.79 bits per heavy atom. The summed E-state index contributed by atoms with van der Waals surface area (Å²) in [5, 5.41) is 8.85. The first kappa shape index (κ1) is 9.21. The fourth-order valence-electron chi connectivity index (χ4n) is 1.75. The van der Waals surface area contributed by atoms with Crippen LogP contribution in [-0.2, 0) is 14.3 Å². The van der Waals surface area contributed by atoms with Gasteiger partial charge in [-0.1, -0.05) is 6.08 Å². The normalized spacial score (nSPS) is 26.4. The zero-order valence-corrected chi connectivity index (χ0v) is 7.77. The molecule has 1 fully saturated rings. The molecule has 0 radical (unpaired) electrons. The van der Waals surface area contributed by atoms with Gasteiger partial charge in [-0.25, -0.2) is 4.79 Å². The summed E-state index contributed by atoms with van der Waals surface area (Å²) in [6.07, 6.45) is 1.75. The van der Waals surface area contributed by atoms with Gasteiger partial charge in [0.2, 0.25) is 5.91 Å². The summed E-state index contributed by atoms with van der Waals surface area (Å²) in [5.41, 5.74) is 0.271. The van der Waals surface area contributed by atoms with Crippen LogP contribution in [0.4, 0.5) is 0 Å². The summed E-state index contributed by atoms with van der Waals surface area (Å²) < 4.78 is 4.59. The summed E-state index contributed by atoms with van der Waals surface area (Å²) in [5.74, 6) is -0.683. The van der Waals surface area contributed by atoms with Crippen LogP contribution >= 0.6 is 0 Å². The van der Waals surface area contributed by atoms with E-state index in [0.717, 1.165) is 0 Å². The first-order valence-electron chi connectivity index (χ1n) is 4.51. The molecule has 1 amide bonds. The maximum atomic E-state index is 11.3. The molecule has 2 unspecified atom stereocenters. The molecule has 2 aliphatic rings. The number of amides is 1. The maximum absolute atomic E-state index is 11.3. The van der Waals surface area contributed by atoms with Crippen LogP contribution in [0.5, 0.6) is 0 Å². The molecule has 2 rings (SSSR count). The van der Waals surface area contributed by atoms with Gasteiger partial charge in [-0.3, -0.25) is 4.79 Å². The van der Waals surface area contributed by atoms with Crippen LogP contribution in [0.25, 0.3) is 0 Å². The molecule has 0 bridgehead atoms. The van der Waals surface area contributed by atoms with Crippen molar-refractivity contribution >= 4 is 11.9 Å². The van der Waals surface area contributed by atoms with Gasteiger partial charge in [-0.05, 0) is 13.3 Å². The zero-order valence-electron chi connectivity index (χ0n) is 7.77. The standard InChI is InChI=1S/C9H11NO4/c1-5(11)14-9(13)7-3-2-6-4-8(12)10(6)7/h3,5-6,11H,2,4H2,1H3. The second-order valence-electron chi connectivity index (χ2n) is 3.45. The number of esters is 1. The number of carbonyl (C=O) groups is 2. The van der Waals surface area contributed by atoms with E-state index in [0.29, 0.717) is 12.8 Å². The predicted octanol–water partition coefficient (Wildman–Crippen LogP) is -0.244. The number of carbonyl (C=O) groups excluding carboxylic acids is 2.